The molecule has 0 amide bonds. The van der Waals surface area contributed by atoms with Crippen LogP contribution in [0.5, 0.6) is 0 Å². The molecule has 0 spiro atoms. The van der Waals surface area contributed by atoms with E-state index >= 15 is 0 Å². The number of benzene rings is 2. The average molecular weight is 226 g/mol. The number of nitrogens with two attached hydrogens (primary N) is 2. The Balaban J connectivity index is 2.19. The Morgan fingerprint density at radius 1 is 0.812 bits per heavy atom. The van der Waals surface area contributed by atoms with Crippen molar-refractivity contribution in [3.8, 4) is 0 Å². The second kappa shape index (κ2) is 5.07. The monoisotopic (exact) mass is 226 g/mol. The summed E-state index contributed by atoms with van der Waals surface area (Å²) in [5.41, 5.74) is 12.3. The molecular weight excluding hydrogens is 212 g/mol. The SMILES string of the molecule is NC(N)c1cccc([Si]c2ccccc2)c1. The van der Waals surface area contributed by atoms with E-state index in [1.165, 1.54) is 10.4 Å². The molecule has 3 heteroatoms. The molecule has 80 valence electrons. The van der Waals surface area contributed by atoms with Gasteiger partial charge in [-0.3, -0.25) is 0 Å². The fraction of sp³-hybridized carbons (Fsp3) is 0.0769. The van der Waals surface area contributed by atoms with Crippen LogP contribution in [0.1, 0.15) is 11.7 Å². The van der Waals surface area contributed by atoms with Gasteiger partial charge in [-0.15, -0.1) is 0 Å². The standard InChI is InChI=1S/C13H14N2Si/c14-13(15)10-5-4-8-12(9-10)16-11-6-2-1-3-7-11/h1-9,13H,14-15H2. The van der Waals surface area contributed by atoms with Crippen molar-refractivity contribution in [3.63, 3.8) is 0 Å². The van der Waals surface area contributed by atoms with Crippen LogP contribution in [0.4, 0.5) is 0 Å². The molecule has 0 atom stereocenters. The van der Waals surface area contributed by atoms with E-state index in [1.54, 1.807) is 0 Å². The third-order valence-electron chi connectivity index (χ3n) is 2.33. The summed E-state index contributed by atoms with van der Waals surface area (Å²) in [6.07, 6.45) is -0.388. The van der Waals surface area contributed by atoms with Crippen molar-refractivity contribution in [1.82, 2.24) is 0 Å². The average Bonchev–Trinajstić information content (AvgIpc) is 2.30. The molecule has 2 aromatic carbocycles. The van der Waals surface area contributed by atoms with Gasteiger partial charge in [-0.05, 0) is 5.56 Å². The Hall–Kier alpha value is -1.42. The smallest absolute Gasteiger partial charge is 0.121 e. The largest absolute Gasteiger partial charge is 0.312 e. The second-order valence-corrected chi connectivity index (χ2v) is 5.05. The van der Waals surface area contributed by atoms with Gasteiger partial charge >= 0.3 is 0 Å². The van der Waals surface area contributed by atoms with Gasteiger partial charge in [0.1, 0.15) is 9.52 Å². The Labute approximate surface area is 98.1 Å². The highest BCUT2D eigenvalue weighted by atomic mass is 28.2. The van der Waals surface area contributed by atoms with E-state index < -0.39 is 0 Å². The van der Waals surface area contributed by atoms with Crippen molar-refractivity contribution in [1.29, 1.82) is 0 Å². The summed E-state index contributed by atoms with van der Waals surface area (Å²) >= 11 is 0. The minimum Gasteiger partial charge on any atom is -0.312 e. The molecule has 0 aliphatic carbocycles. The molecule has 0 saturated heterocycles. The molecule has 2 aromatic rings. The second-order valence-electron chi connectivity index (χ2n) is 3.64. The third kappa shape index (κ3) is 2.79. The van der Waals surface area contributed by atoms with Gasteiger partial charge < -0.3 is 11.5 Å². The number of hydrogen-bond acceptors (Lipinski definition) is 2. The van der Waals surface area contributed by atoms with Crippen LogP contribution in [0.2, 0.25) is 0 Å². The maximum atomic E-state index is 5.66. The third-order valence-corrected chi connectivity index (χ3v) is 3.56. The summed E-state index contributed by atoms with van der Waals surface area (Å²) < 4.78 is 0. The van der Waals surface area contributed by atoms with E-state index in [-0.39, 0.29) is 6.17 Å². The van der Waals surface area contributed by atoms with Crippen molar-refractivity contribution >= 4 is 19.9 Å². The highest BCUT2D eigenvalue weighted by Gasteiger charge is 2.02. The molecule has 16 heavy (non-hydrogen) atoms. The Morgan fingerprint density at radius 3 is 2.19 bits per heavy atom. The lowest BCUT2D eigenvalue weighted by atomic mass is 10.2. The van der Waals surface area contributed by atoms with Crippen molar-refractivity contribution in [2.24, 2.45) is 11.5 Å². The first-order valence-corrected chi connectivity index (χ1v) is 6.19. The van der Waals surface area contributed by atoms with E-state index in [9.17, 15) is 0 Å². The number of hydrogen-bond donors (Lipinski definition) is 2. The summed E-state index contributed by atoms with van der Waals surface area (Å²) in [5.74, 6) is 0. The summed E-state index contributed by atoms with van der Waals surface area (Å²) in [6.45, 7) is 0. The zero-order chi connectivity index (χ0) is 11.4. The molecule has 0 aliphatic rings. The van der Waals surface area contributed by atoms with Crippen LogP contribution in [-0.2, 0) is 0 Å². The Morgan fingerprint density at radius 2 is 1.50 bits per heavy atom. The van der Waals surface area contributed by atoms with Gasteiger partial charge in [0.05, 0.1) is 6.17 Å². The molecule has 0 aromatic heterocycles. The molecule has 0 unspecified atom stereocenters. The molecule has 0 aliphatic heterocycles. The minimum absolute atomic E-state index is 0.388. The first-order chi connectivity index (χ1) is 7.75. The molecule has 0 bridgehead atoms. The predicted octanol–water partition coefficient (Wildman–Crippen LogP) is 0.258. The van der Waals surface area contributed by atoms with Crippen LogP contribution < -0.4 is 21.8 Å². The molecule has 4 N–H and O–H groups in total. The molecule has 0 saturated carbocycles. The van der Waals surface area contributed by atoms with Gasteiger partial charge in [-0.25, -0.2) is 0 Å². The van der Waals surface area contributed by atoms with Crippen molar-refractivity contribution < 1.29 is 0 Å². The highest BCUT2D eigenvalue weighted by Crippen LogP contribution is 2.01. The van der Waals surface area contributed by atoms with Gasteiger partial charge in [-0.2, -0.15) is 0 Å². The molecule has 0 heterocycles. The lowest BCUT2D eigenvalue weighted by molar-refractivity contribution is 0.774. The van der Waals surface area contributed by atoms with Crippen LogP contribution in [0.15, 0.2) is 54.6 Å². The fourth-order valence-electron chi connectivity index (χ4n) is 1.51. The van der Waals surface area contributed by atoms with Gasteiger partial charge in [0, 0.05) is 0 Å². The van der Waals surface area contributed by atoms with E-state index in [0.29, 0.717) is 9.52 Å². The van der Waals surface area contributed by atoms with Crippen LogP contribution in [0.3, 0.4) is 0 Å². The lowest BCUT2D eigenvalue weighted by Gasteiger charge is -2.07. The Kier molecular flexibility index (Phi) is 3.51. The maximum absolute atomic E-state index is 5.66. The number of rotatable bonds is 3. The first kappa shape index (κ1) is 11.1. The highest BCUT2D eigenvalue weighted by molar-refractivity contribution is 6.67. The molecule has 2 radical (unpaired) electrons. The zero-order valence-electron chi connectivity index (χ0n) is 8.93. The van der Waals surface area contributed by atoms with Crippen LogP contribution >= 0.6 is 0 Å². The summed E-state index contributed by atoms with van der Waals surface area (Å²) in [5, 5.41) is 2.59. The van der Waals surface area contributed by atoms with Gasteiger partial charge in [0.2, 0.25) is 0 Å². The molecule has 2 rings (SSSR count). The van der Waals surface area contributed by atoms with Gasteiger partial charge in [0.25, 0.3) is 0 Å². The zero-order valence-corrected chi connectivity index (χ0v) is 9.93. The van der Waals surface area contributed by atoms with Crippen molar-refractivity contribution in [2.45, 2.75) is 6.17 Å². The fourth-order valence-corrected chi connectivity index (χ4v) is 2.62. The van der Waals surface area contributed by atoms with Crippen molar-refractivity contribution in [3.05, 3.63) is 60.2 Å². The van der Waals surface area contributed by atoms with Crippen LogP contribution in [0.25, 0.3) is 0 Å². The quantitative estimate of drug-likeness (QED) is 0.582. The maximum Gasteiger partial charge on any atom is 0.121 e. The van der Waals surface area contributed by atoms with Gasteiger partial charge in [0.15, 0.2) is 0 Å². The molecule has 0 fully saturated rings. The summed E-state index contributed by atoms with van der Waals surface area (Å²) in [4.78, 5) is 0. The van der Waals surface area contributed by atoms with Crippen molar-refractivity contribution in [2.75, 3.05) is 0 Å². The van der Waals surface area contributed by atoms with Crippen LogP contribution in [-0.4, -0.2) is 9.52 Å². The molecule has 2 nitrogen and oxygen atoms in total. The van der Waals surface area contributed by atoms with Crippen LogP contribution in [0, 0.1) is 0 Å². The molecular formula is C13H14N2Si. The Bertz CT molecular complexity index is 454. The predicted molar refractivity (Wildman–Crippen MR) is 69.0 cm³/mol. The van der Waals surface area contributed by atoms with E-state index in [4.69, 9.17) is 11.5 Å². The van der Waals surface area contributed by atoms with Gasteiger partial charge in [-0.1, -0.05) is 65.0 Å². The topological polar surface area (TPSA) is 52.0 Å². The van der Waals surface area contributed by atoms with E-state index in [1.807, 2.05) is 18.2 Å². The normalized spacial score (nSPS) is 10.7. The minimum atomic E-state index is -0.388. The summed E-state index contributed by atoms with van der Waals surface area (Å²) in [7, 11) is 0.655. The van der Waals surface area contributed by atoms with E-state index in [2.05, 4.69) is 36.4 Å². The lowest BCUT2D eigenvalue weighted by Crippen LogP contribution is -2.28. The summed E-state index contributed by atoms with van der Waals surface area (Å²) in [6, 6.07) is 18.6. The van der Waals surface area contributed by atoms with E-state index in [0.717, 1.165) is 5.56 Å². The first-order valence-electron chi connectivity index (χ1n) is 5.19.